The third-order valence-electron chi connectivity index (χ3n) is 3.57. The maximum absolute atomic E-state index is 6.04. The molecule has 2 rings (SSSR count). The summed E-state index contributed by atoms with van der Waals surface area (Å²) in [5.74, 6) is 0. The van der Waals surface area contributed by atoms with E-state index in [1.807, 2.05) is 18.2 Å². The first-order valence-corrected chi connectivity index (χ1v) is 7.21. The highest BCUT2D eigenvalue weighted by molar-refractivity contribution is 6.30. The lowest BCUT2D eigenvalue weighted by Gasteiger charge is -2.20. The second-order valence-corrected chi connectivity index (χ2v) is 5.51. The van der Waals surface area contributed by atoms with Gasteiger partial charge < -0.3 is 10.1 Å². The Morgan fingerprint density at radius 2 is 2.28 bits per heavy atom. The minimum atomic E-state index is 0.364. The van der Waals surface area contributed by atoms with Crippen molar-refractivity contribution in [1.29, 1.82) is 0 Å². The Balaban J connectivity index is 1.89. The highest BCUT2D eigenvalue weighted by Gasteiger charge is 2.22. The van der Waals surface area contributed by atoms with Crippen LogP contribution in [0.1, 0.15) is 44.7 Å². The van der Waals surface area contributed by atoms with Crippen LogP contribution in [0.4, 0.5) is 0 Å². The monoisotopic (exact) mass is 267 g/mol. The van der Waals surface area contributed by atoms with E-state index >= 15 is 0 Å². The van der Waals surface area contributed by atoms with E-state index in [1.54, 1.807) is 0 Å². The molecule has 1 aliphatic heterocycles. The van der Waals surface area contributed by atoms with Crippen molar-refractivity contribution >= 4 is 11.6 Å². The van der Waals surface area contributed by atoms with Gasteiger partial charge in [0.25, 0.3) is 0 Å². The van der Waals surface area contributed by atoms with E-state index < -0.39 is 0 Å². The van der Waals surface area contributed by atoms with Gasteiger partial charge in [-0.3, -0.25) is 0 Å². The second-order valence-electron chi connectivity index (χ2n) is 5.07. The van der Waals surface area contributed by atoms with E-state index in [1.165, 1.54) is 18.4 Å². The molecule has 1 fully saturated rings. The van der Waals surface area contributed by atoms with Crippen molar-refractivity contribution in [2.75, 3.05) is 6.54 Å². The Kier molecular flexibility index (Phi) is 5.04. The normalized spacial score (nSPS) is 25.3. The van der Waals surface area contributed by atoms with Crippen LogP contribution in [-0.2, 0) is 4.74 Å². The van der Waals surface area contributed by atoms with Gasteiger partial charge in [0, 0.05) is 17.6 Å². The van der Waals surface area contributed by atoms with E-state index in [0.29, 0.717) is 18.2 Å². The third kappa shape index (κ3) is 3.71. The van der Waals surface area contributed by atoms with E-state index in [4.69, 9.17) is 16.3 Å². The molecule has 0 bridgehead atoms. The van der Waals surface area contributed by atoms with E-state index in [-0.39, 0.29) is 0 Å². The first kappa shape index (κ1) is 13.9. The van der Waals surface area contributed by atoms with Gasteiger partial charge in [0.05, 0.1) is 12.2 Å². The molecule has 0 aromatic heterocycles. The van der Waals surface area contributed by atoms with Gasteiger partial charge in [0.1, 0.15) is 0 Å². The van der Waals surface area contributed by atoms with Crippen molar-refractivity contribution in [2.45, 2.75) is 51.4 Å². The molecule has 3 heteroatoms. The number of halogens is 1. The van der Waals surface area contributed by atoms with Crippen molar-refractivity contribution in [3.63, 3.8) is 0 Å². The van der Waals surface area contributed by atoms with Gasteiger partial charge in [0.2, 0.25) is 0 Å². The van der Waals surface area contributed by atoms with E-state index in [2.05, 4.69) is 25.2 Å². The molecule has 0 amide bonds. The summed E-state index contributed by atoms with van der Waals surface area (Å²) in [5.41, 5.74) is 1.26. The van der Waals surface area contributed by atoms with Crippen LogP contribution in [0.2, 0.25) is 5.02 Å². The lowest BCUT2D eigenvalue weighted by Crippen LogP contribution is -2.30. The number of benzene rings is 1. The molecule has 3 unspecified atom stereocenters. The zero-order valence-corrected chi connectivity index (χ0v) is 11.9. The standard InChI is InChI=1S/C15H22ClNO/c1-3-15(12-5-4-6-13(16)9-12)17-10-14-8-7-11(2)18-14/h4-6,9,11,14-15,17H,3,7-8,10H2,1-2H3. The third-order valence-corrected chi connectivity index (χ3v) is 3.81. The fourth-order valence-corrected chi connectivity index (χ4v) is 2.73. The number of hydrogen-bond donors (Lipinski definition) is 1. The zero-order chi connectivity index (χ0) is 13.0. The lowest BCUT2D eigenvalue weighted by atomic mass is 10.0. The molecule has 0 radical (unpaired) electrons. The molecule has 1 aromatic carbocycles. The first-order valence-electron chi connectivity index (χ1n) is 6.83. The van der Waals surface area contributed by atoms with Gasteiger partial charge in [0.15, 0.2) is 0 Å². The van der Waals surface area contributed by atoms with Gasteiger partial charge in [-0.25, -0.2) is 0 Å². The molecular formula is C15H22ClNO. The van der Waals surface area contributed by atoms with Crippen LogP contribution < -0.4 is 5.32 Å². The van der Waals surface area contributed by atoms with Crippen molar-refractivity contribution < 1.29 is 4.74 Å². The molecule has 3 atom stereocenters. The average molecular weight is 268 g/mol. The van der Waals surface area contributed by atoms with Gasteiger partial charge in [-0.2, -0.15) is 0 Å². The highest BCUT2D eigenvalue weighted by atomic mass is 35.5. The van der Waals surface area contributed by atoms with Crippen LogP contribution in [0.25, 0.3) is 0 Å². The van der Waals surface area contributed by atoms with Gasteiger partial charge >= 0.3 is 0 Å². The van der Waals surface area contributed by atoms with E-state index in [0.717, 1.165) is 18.0 Å². The Hall–Kier alpha value is -0.570. The molecule has 0 spiro atoms. The largest absolute Gasteiger partial charge is 0.374 e. The van der Waals surface area contributed by atoms with Crippen LogP contribution in [0.15, 0.2) is 24.3 Å². The van der Waals surface area contributed by atoms with Crippen LogP contribution in [0.5, 0.6) is 0 Å². The maximum atomic E-state index is 6.04. The number of rotatable bonds is 5. The van der Waals surface area contributed by atoms with Gasteiger partial charge in [-0.05, 0) is 43.9 Å². The predicted octanol–water partition coefficient (Wildman–Crippen LogP) is 3.95. The van der Waals surface area contributed by atoms with Crippen molar-refractivity contribution in [2.24, 2.45) is 0 Å². The predicted molar refractivity (Wildman–Crippen MR) is 76.1 cm³/mol. The topological polar surface area (TPSA) is 21.3 Å². The van der Waals surface area contributed by atoms with E-state index in [9.17, 15) is 0 Å². The zero-order valence-electron chi connectivity index (χ0n) is 11.2. The van der Waals surface area contributed by atoms with Crippen molar-refractivity contribution in [1.82, 2.24) is 5.32 Å². The molecule has 1 saturated heterocycles. The number of ether oxygens (including phenoxy) is 1. The summed E-state index contributed by atoms with van der Waals surface area (Å²) in [4.78, 5) is 0. The van der Waals surface area contributed by atoms with Crippen LogP contribution in [-0.4, -0.2) is 18.8 Å². The minimum absolute atomic E-state index is 0.364. The SMILES string of the molecule is CCC(NCC1CCC(C)O1)c1cccc(Cl)c1. The molecule has 18 heavy (non-hydrogen) atoms. The molecule has 1 aliphatic rings. The number of nitrogens with one attached hydrogen (secondary N) is 1. The molecular weight excluding hydrogens is 246 g/mol. The Labute approximate surface area is 115 Å². The number of hydrogen-bond acceptors (Lipinski definition) is 2. The first-order chi connectivity index (χ1) is 8.69. The summed E-state index contributed by atoms with van der Waals surface area (Å²) < 4.78 is 5.83. The summed E-state index contributed by atoms with van der Waals surface area (Å²) in [6.07, 6.45) is 4.19. The Morgan fingerprint density at radius 3 is 2.89 bits per heavy atom. The second kappa shape index (κ2) is 6.55. The molecule has 1 heterocycles. The molecule has 1 aromatic rings. The lowest BCUT2D eigenvalue weighted by molar-refractivity contribution is 0.0542. The fourth-order valence-electron chi connectivity index (χ4n) is 2.53. The summed E-state index contributed by atoms with van der Waals surface area (Å²) >= 11 is 6.04. The highest BCUT2D eigenvalue weighted by Crippen LogP contribution is 2.22. The molecule has 100 valence electrons. The minimum Gasteiger partial charge on any atom is -0.374 e. The molecule has 0 aliphatic carbocycles. The average Bonchev–Trinajstić information content (AvgIpc) is 2.76. The Bertz CT molecular complexity index is 383. The smallest absolute Gasteiger partial charge is 0.0704 e. The summed E-state index contributed by atoms with van der Waals surface area (Å²) in [7, 11) is 0. The molecule has 0 saturated carbocycles. The van der Waals surface area contributed by atoms with Crippen molar-refractivity contribution in [3.8, 4) is 0 Å². The molecule has 2 nitrogen and oxygen atoms in total. The van der Waals surface area contributed by atoms with Crippen LogP contribution >= 0.6 is 11.6 Å². The quantitative estimate of drug-likeness (QED) is 0.872. The maximum Gasteiger partial charge on any atom is 0.0704 e. The van der Waals surface area contributed by atoms with Gasteiger partial charge in [-0.15, -0.1) is 0 Å². The molecule has 1 N–H and O–H groups in total. The van der Waals surface area contributed by atoms with Crippen LogP contribution in [0.3, 0.4) is 0 Å². The summed E-state index contributed by atoms with van der Waals surface area (Å²) in [6.45, 7) is 5.26. The fraction of sp³-hybridized carbons (Fsp3) is 0.600. The van der Waals surface area contributed by atoms with Crippen molar-refractivity contribution in [3.05, 3.63) is 34.9 Å². The Morgan fingerprint density at radius 1 is 1.44 bits per heavy atom. The van der Waals surface area contributed by atoms with Crippen LogP contribution in [0, 0.1) is 0 Å². The summed E-state index contributed by atoms with van der Waals surface area (Å²) in [6, 6.07) is 8.46. The van der Waals surface area contributed by atoms with Gasteiger partial charge in [-0.1, -0.05) is 30.7 Å². The summed E-state index contributed by atoms with van der Waals surface area (Å²) in [5, 5.41) is 4.40.